The molecule has 0 saturated heterocycles. The first-order chi connectivity index (χ1) is 10.7. The molecule has 0 radical (unpaired) electrons. The summed E-state index contributed by atoms with van der Waals surface area (Å²) < 4.78 is 5.53. The second-order valence-corrected chi connectivity index (χ2v) is 5.28. The number of anilines is 2. The van der Waals surface area contributed by atoms with E-state index in [4.69, 9.17) is 4.74 Å². The molecule has 1 amide bonds. The lowest BCUT2D eigenvalue weighted by Crippen LogP contribution is -2.19. The number of nitrogens with zero attached hydrogens (tertiary/aromatic N) is 1. The van der Waals surface area contributed by atoms with Crippen LogP contribution in [-0.4, -0.2) is 19.1 Å². The van der Waals surface area contributed by atoms with Gasteiger partial charge in [-0.15, -0.1) is 4.91 Å². The van der Waals surface area contributed by atoms with Crippen LogP contribution in [-0.2, 0) is 0 Å². The van der Waals surface area contributed by atoms with E-state index in [0.29, 0.717) is 35.3 Å². The number of hydrogen-bond acceptors (Lipinski definition) is 6. The molecule has 0 unspecified atom stereocenters. The topological polar surface area (TPSA) is 93.9 Å². The maximum atomic E-state index is 12.5. The highest BCUT2D eigenvalue weighted by atomic mass is 32.1. The summed E-state index contributed by atoms with van der Waals surface area (Å²) in [7, 11) is 0. The maximum absolute atomic E-state index is 12.5. The predicted octanol–water partition coefficient (Wildman–Crippen LogP) is 3.04. The Balaban J connectivity index is 2.31. The van der Waals surface area contributed by atoms with Gasteiger partial charge in [0.15, 0.2) is 0 Å². The quantitative estimate of drug-likeness (QED) is 0.766. The van der Waals surface area contributed by atoms with Crippen molar-refractivity contribution in [2.75, 3.05) is 23.8 Å². The lowest BCUT2D eigenvalue weighted by atomic mass is 10.1. The van der Waals surface area contributed by atoms with Gasteiger partial charge in [-0.1, -0.05) is 6.07 Å². The second-order valence-electron chi connectivity index (χ2n) is 4.25. The van der Waals surface area contributed by atoms with Crippen molar-refractivity contribution in [1.29, 1.82) is 0 Å². The Bertz CT molecular complexity index is 648. The van der Waals surface area contributed by atoms with Crippen LogP contribution in [0.25, 0.3) is 0 Å². The average molecular weight is 321 g/mol. The number of carbonyl (C=O) groups excluding carboxylic acids is 1. The van der Waals surface area contributed by atoms with Crippen molar-refractivity contribution in [2.24, 2.45) is 5.18 Å². The van der Waals surface area contributed by atoms with Crippen LogP contribution >= 0.6 is 11.3 Å². The number of aromatic nitrogens is 1. The number of hydrogen-bond donors (Lipinski definition) is 2. The Kier molecular flexibility index (Phi) is 5.42. The van der Waals surface area contributed by atoms with E-state index in [-0.39, 0.29) is 10.9 Å². The molecule has 1 heterocycles. The minimum absolute atomic E-state index is 0.264. The molecule has 22 heavy (non-hydrogen) atoms. The van der Waals surface area contributed by atoms with E-state index in [0.717, 1.165) is 11.3 Å². The van der Waals surface area contributed by atoms with Gasteiger partial charge in [0.25, 0.3) is 0 Å². The van der Waals surface area contributed by atoms with E-state index in [1.807, 2.05) is 26.0 Å². The van der Waals surface area contributed by atoms with Crippen LogP contribution in [0.5, 0.6) is 5.75 Å². The molecule has 0 fully saturated rings. The van der Waals surface area contributed by atoms with Crippen LogP contribution in [0.3, 0.4) is 0 Å². The highest BCUT2D eigenvalue weighted by Gasteiger charge is 2.23. The molecule has 1 aromatic carbocycles. The molecular formula is C14H17N4O3S+. The molecule has 0 aliphatic carbocycles. The Morgan fingerprint density at radius 1 is 1.41 bits per heavy atom. The van der Waals surface area contributed by atoms with Crippen LogP contribution < -0.4 is 20.4 Å². The number of amides is 1. The number of benzene rings is 1. The summed E-state index contributed by atoms with van der Waals surface area (Å²) in [5.41, 5.74) is 1.12. The zero-order valence-electron chi connectivity index (χ0n) is 12.3. The molecule has 0 saturated carbocycles. The zero-order chi connectivity index (χ0) is 15.9. The molecule has 7 nitrogen and oxygen atoms in total. The fraction of sp³-hybridized carbons (Fsp3) is 0.286. The fourth-order valence-corrected chi connectivity index (χ4v) is 2.57. The van der Waals surface area contributed by atoms with Crippen molar-refractivity contribution in [1.82, 2.24) is 0 Å². The monoisotopic (exact) mass is 321 g/mol. The summed E-state index contributed by atoms with van der Waals surface area (Å²) >= 11 is 1.07. The highest BCUT2D eigenvalue weighted by Crippen LogP contribution is 2.29. The van der Waals surface area contributed by atoms with Gasteiger partial charge in [0, 0.05) is 6.54 Å². The Morgan fingerprint density at radius 3 is 2.86 bits per heavy atom. The zero-order valence-corrected chi connectivity index (χ0v) is 13.1. The van der Waals surface area contributed by atoms with Gasteiger partial charge >= 0.3 is 11.0 Å². The standard InChI is InChI=1S/C14H16N4O3S/c1-3-15-9-6-5-7-10(21-4-2)12(9)13(19)17-14-16-8-11(18-20)22-14/h5-8,15H,3-4H2,1-2H3,(H,16,17,19)/p+1. The maximum Gasteiger partial charge on any atom is 0.345 e. The van der Waals surface area contributed by atoms with Gasteiger partial charge in [-0.3, -0.25) is 0 Å². The molecule has 2 rings (SSSR count). The summed E-state index contributed by atoms with van der Waals surface area (Å²) in [6.45, 7) is 4.95. The van der Waals surface area contributed by atoms with Crippen molar-refractivity contribution in [2.45, 2.75) is 13.8 Å². The first kappa shape index (κ1) is 15.9. The number of nitrogens with one attached hydrogen (secondary N) is 3. The smallest absolute Gasteiger partial charge is 0.345 e. The Labute approximate surface area is 131 Å². The third kappa shape index (κ3) is 3.59. The number of thiazole rings is 1. The van der Waals surface area contributed by atoms with Crippen LogP contribution in [0.4, 0.5) is 15.8 Å². The van der Waals surface area contributed by atoms with E-state index in [1.165, 1.54) is 6.20 Å². The SMILES string of the molecule is CCNc1cccc(OCC)c1C(=O)Nc1[nH+]cc(N=O)s1. The summed E-state index contributed by atoms with van der Waals surface area (Å²) in [6.07, 6.45) is 1.44. The molecule has 0 aliphatic rings. The second kappa shape index (κ2) is 7.51. The molecule has 8 heteroatoms. The largest absolute Gasteiger partial charge is 0.493 e. The molecule has 0 spiro atoms. The number of rotatable bonds is 7. The number of nitroso groups, excluding NO2 is 1. The Morgan fingerprint density at radius 2 is 2.23 bits per heavy atom. The lowest BCUT2D eigenvalue weighted by Gasteiger charge is -2.12. The minimum atomic E-state index is -0.324. The van der Waals surface area contributed by atoms with E-state index >= 15 is 0 Å². The molecular weight excluding hydrogens is 304 g/mol. The molecule has 116 valence electrons. The van der Waals surface area contributed by atoms with Crippen LogP contribution in [0.15, 0.2) is 29.6 Å². The first-order valence-corrected chi connectivity index (χ1v) is 7.67. The van der Waals surface area contributed by atoms with Gasteiger partial charge in [-0.25, -0.2) is 9.78 Å². The third-order valence-electron chi connectivity index (χ3n) is 2.77. The molecule has 3 N–H and O–H groups in total. The van der Waals surface area contributed by atoms with Gasteiger partial charge in [0.05, 0.1) is 12.3 Å². The molecule has 0 aliphatic heterocycles. The van der Waals surface area contributed by atoms with E-state index in [9.17, 15) is 9.70 Å². The summed E-state index contributed by atoms with van der Waals surface area (Å²) in [4.78, 5) is 25.8. The van der Waals surface area contributed by atoms with Crippen molar-refractivity contribution >= 4 is 33.1 Å². The van der Waals surface area contributed by atoms with Gasteiger partial charge in [0.2, 0.25) is 5.00 Å². The number of H-pyrrole nitrogens is 1. The van der Waals surface area contributed by atoms with E-state index in [1.54, 1.807) is 6.07 Å². The summed E-state index contributed by atoms with van der Waals surface area (Å²) in [5.74, 6) is 0.180. The average Bonchev–Trinajstić information content (AvgIpc) is 2.95. The fourth-order valence-electron chi connectivity index (χ4n) is 1.94. The van der Waals surface area contributed by atoms with Crippen molar-refractivity contribution in [3.63, 3.8) is 0 Å². The van der Waals surface area contributed by atoms with Crippen molar-refractivity contribution < 1.29 is 14.5 Å². The number of carbonyl (C=O) groups is 1. The first-order valence-electron chi connectivity index (χ1n) is 6.85. The van der Waals surface area contributed by atoms with Gasteiger partial charge in [-0.2, -0.15) is 5.32 Å². The minimum Gasteiger partial charge on any atom is -0.493 e. The highest BCUT2D eigenvalue weighted by molar-refractivity contribution is 7.18. The third-order valence-corrected chi connectivity index (χ3v) is 3.60. The van der Waals surface area contributed by atoms with Crippen molar-refractivity contribution in [3.8, 4) is 5.75 Å². The molecule has 2 aromatic rings. The van der Waals surface area contributed by atoms with Gasteiger partial charge in [-0.05, 0) is 42.5 Å². The van der Waals surface area contributed by atoms with Gasteiger partial charge in [0.1, 0.15) is 17.5 Å². The van der Waals surface area contributed by atoms with Crippen molar-refractivity contribution in [3.05, 3.63) is 34.9 Å². The van der Waals surface area contributed by atoms with Crippen LogP contribution in [0, 0.1) is 4.91 Å². The van der Waals surface area contributed by atoms with Gasteiger partial charge < -0.3 is 10.1 Å². The Hall–Kier alpha value is -2.48. The molecule has 1 aromatic heterocycles. The number of ether oxygens (including phenoxy) is 1. The van der Waals surface area contributed by atoms with Crippen LogP contribution in [0.2, 0.25) is 0 Å². The summed E-state index contributed by atoms with van der Waals surface area (Å²) in [5, 5.41) is 9.37. The number of aromatic amines is 1. The van der Waals surface area contributed by atoms with E-state index < -0.39 is 0 Å². The lowest BCUT2D eigenvalue weighted by molar-refractivity contribution is -0.353. The normalized spacial score (nSPS) is 10.1. The van der Waals surface area contributed by atoms with Crippen LogP contribution in [0.1, 0.15) is 24.2 Å². The molecule has 0 atom stereocenters. The summed E-state index contributed by atoms with van der Waals surface area (Å²) in [6, 6.07) is 5.39. The van der Waals surface area contributed by atoms with E-state index in [2.05, 4.69) is 20.8 Å². The predicted molar refractivity (Wildman–Crippen MR) is 86.1 cm³/mol. The molecule has 0 bridgehead atoms.